The van der Waals surface area contributed by atoms with Crippen LogP contribution in [-0.4, -0.2) is 23.6 Å². The smallest absolute Gasteiger partial charge is 0.341 e. The van der Waals surface area contributed by atoms with Crippen LogP contribution in [0.3, 0.4) is 0 Å². The second-order valence-electron chi connectivity index (χ2n) is 6.07. The summed E-state index contributed by atoms with van der Waals surface area (Å²) in [4.78, 5) is 23.1. The highest BCUT2D eigenvalue weighted by Crippen LogP contribution is 2.25. The van der Waals surface area contributed by atoms with E-state index in [1.165, 1.54) is 24.3 Å². The van der Waals surface area contributed by atoms with E-state index in [0.717, 1.165) is 12.1 Å². The number of hydrogen-bond donors (Lipinski definition) is 2. The molecular formula is C19H19F2NO4. The van der Waals surface area contributed by atoms with E-state index in [4.69, 9.17) is 9.84 Å². The van der Waals surface area contributed by atoms with E-state index in [1.54, 1.807) is 19.9 Å². The summed E-state index contributed by atoms with van der Waals surface area (Å²) in [6.07, 6.45) is 0. The maximum atomic E-state index is 14.1. The second kappa shape index (κ2) is 8.42. The lowest BCUT2D eigenvalue weighted by Crippen LogP contribution is -2.32. The summed E-state index contributed by atoms with van der Waals surface area (Å²) in [5.41, 5.74) is 0.425. The van der Waals surface area contributed by atoms with Crippen molar-refractivity contribution in [2.75, 3.05) is 6.61 Å². The highest BCUT2D eigenvalue weighted by Gasteiger charge is 2.22. The number of rotatable bonds is 7. The standard InChI is InChI=1S/C19H19F2NO4/c1-11(2)18(15-7-6-13(20)9-16(15)21)22-19(25)12-4-3-5-14(8-12)26-10-17(23)24/h3-9,11,18H,10H2,1-2H3,(H,22,25)(H,23,24). The van der Waals surface area contributed by atoms with Crippen LogP contribution in [0.25, 0.3) is 0 Å². The number of hydrogen-bond acceptors (Lipinski definition) is 3. The Morgan fingerprint density at radius 2 is 1.88 bits per heavy atom. The molecule has 0 aromatic heterocycles. The van der Waals surface area contributed by atoms with Gasteiger partial charge in [0.15, 0.2) is 6.61 Å². The fourth-order valence-electron chi connectivity index (χ4n) is 2.45. The van der Waals surface area contributed by atoms with E-state index >= 15 is 0 Å². The molecule has 0 aliphatic heterocycles. The number of carbonyl (C=O) groups is 2. The van der Waals surface area contributed by atoms with Crippen molar-refractivity contribution in [3.8, 4) is 5.75 Å². The first kappa shape index (κ1) is 19.4. The Morgan fingerprint density at radius 1 is 1.15 bits per heavy atom. The minimum atomic E-state index is -1.13. The van der Waals surface area contributed by atoms with Crippen molar-refractivity contribution in [3.63, 3.8) is 0 Å². The van der Waals surface area contributed by atoms with Gasteiger partial charge in [0.1, 0.15) is 17.4 Å². The molecule has 0 bridgehead atoms. The molecule has 1 unspecified atom stereocenters. The zero-order valence-electron chi connectivity index (χ0n) is 14.3. The van der Waals surface area contributed by atoms with Crippen molar-refractivity contribution in [2.24, 2.45) is 5.92 Å². The third kappa shape index (κ3) is 5.02. The largest absolute Gasteiger partial charge is 0.482 e. The van der Waals surface area contributed by atoms with Crippen LogP contribution in [0.5, 0.6) is 5.75 Å². The van der Waals surface area contributed by atoms with Gasteiger partial charge in [-0.05, 0) is 30.2 Å². The molecule has 0 fully saturated rings. The Balaban J connectivity index is 2.20. The van der Waals surface area contributed by atoms with Gasteiger partial charge in [-0.25, -0.2) is 13.6 Å². The summed E-state index contributed by atoms with van der Waals surface area (Å²) in [5.74, 6) is -2.95. The predicted octanol–water partition coefficient (Wildman–Crippen LogP) is 3.56. The summed E-state index contributed by atoms with van der Waals surface area (Å²) < 4.78 is 32.3. The molecule has 2 rings (SSSR count). The van der Waals surface area contributed by atoms with Gasteiger partial charge >= 0.3 is 5.97 Å². The van der Waals surface area contributed by atoms with E-state index in [0.29, 0.717) is 0 Å². The highest BCUT2D eigenvalue weighted by molar-refractivity contribution is 5.94. The third-order valence-corrected chi connectivity index (χ3v) is 3.71. The number of carboxylic acids is 1. The van der Waals surface area contributed by atoms with Gasteiger partial charge in [-0.1, -0.05) is 26.0 Å². The van der Waals surface area contributed by atoms with Gasteiger partial charge in [0.25, 0.3) is 5.91 Å². The first-order chi connectivity index (χ1) is 12.3. The second-order valence-corrected chi connectivity index (χ2v) is 6.07. The maximum absolute atomic E-state index is 14.1. The monoisotopic (exact) mass is 363 g/mol. The van der Waals surface area contributed by atoms with Crippen LogP contribution < -0.4 is 10.1 Å². The molecule has 1 atom stereocenters. The van der Waals surface area contributed by atoms with Crippen molar-refractivity contribution in [2.45, 2.75) is 19.9 Å². The number of carboxylic acid groups (broad SMARTS) is 1. The van der Waals surface area contributed by atoms with Gasteiger partial charge in [-0.3, -0.25) is 4.79 Å². The molecule has 0 heterocycles. The lowest BCUT2D eigenvalue weighted by atomic mass is 9.95. The fourth-order valence-corrected chi connectivity index (χ4v) is 2.45. The molecule has 5 nitrogen and oxygen atoms in total. The molecule has 2 aromatic rings. The Kier molecular flexibility index (Phi) is 6.27. The minimum Gasteiger partial charge on any atom is -0.482 e. The summed E-state index contributed by atoms with van der Waals surface area (Å²) in [6.45, 7) is 3.08. The molecule has 26 heavy (non-hydrogen) atoms. The first-order valence-corrected chi connectivity index (χ1v) is 7.98. The number of ether oxygens (including phenoxy) is 1. The summed E-state index contributed by atoms with van der Waals surface area (Å²) in [6, 6.07) is 8.57. The van der Waals surface area contributed by atoms with Crippen molar-refractivity contribution in [3.05, 3.63) is 65.2 Å². The molecule has 1 amide bonds. The summed E-state index contributed by atoms with van der Waals surface area (Å²) in [5, 5.41) is 11.4. The Labute approximate surface area is 149 Å². The van der Waals surface area contributed by atoms with Crippen molar-refractivity contribution >= 4 is 11.9 Å². The van der Waals surface area contributed by atoms with Crippen molar-refractivity contribution in [1.29, 1.82) is 0 Å². The maximum Gasteiger partial charge on any atom is 0.341 e. The van der Waals surface area contributed by atoms with Crippen molar-refractivity contribution in [1.82, 2.24) is 5.32 Å². The van der Waals surface area contributed by atoms with Crippen LogP contribution in [-0.2, 0) is 4.79 Å². The highest BCUT2D eigenvalue weighted by atomic mass is 19.1. The van der Waals surface area contributed by atoms with E-state index in [1.807, 2.05) is 0 Å². The summed E-state index contributed by atoms with van der Waals surface area (Å²) >= 11 is 0. The van der Waals surface area contributed by atoms with Gasteiger partial charge in [-0.15, -0.1) is 0 Å². The van der Waals surface area contributed by atoms with Gasteiger partial charge in [0.05, 0.1) is 6.04 Å². The average molecular weight is 363 g/mol. The number of nitrogens with one attached hydrogen (secondary N) is 1. The molecule has 2 N–H and O–H groups in total. The van der Waals surface area contributed by atoms with Gasteiger partial charge < -0.3 is 15.2 Å². The molecule has 0 aliphatic rings. The normalized spacial score (nSPS) is 11.9. The molecule has 138 valence electrons. The first-order valence-electron chi connectivity index (χ1n) is 7.98. The van der Waals surface area contributed by atoms with Crippen LogP contribution in [0, 0.1) is 17.6 Å². The van der Waals surface area contributed by atoms with Crippen LogP contribution in [0.1, 0.15) is 35.8 Å². The van der Waals surface area contributed by atoms with Gasteiger partial charge in [0, 0.05) is 17.2 Å². The number of amides is 1. The third-order valence-electron chi connectivity index (χ3n) is 3.71. The minimum absolute atomic E-state index is 0.148. The Hall–Kier alpha value is -2.96. The van der Waals surface area contributed by atoms with Crippen molar-refractivity contribution < 1.29 is 28.2 Å². The van der Waals surface area contributed by atoms with E-state index < -0.39 is 36.2 Å². The number of carbonyl (C=O) groups excluding carboxylic acids is 1. The molecule has 7 heteroatoms. The molecule has 0 spiro atoms. The molecule has 0 radical (unpaired) electrons. The van der Waals surface area contributed by atoms with Crippen LogP contribution in [0.2, 0.25) is 0 Å². The topological polar surface area (TPSA) is 75.6 Å². The number of benzene rings is 2. The lowest BCUT2D eigenvalue weighted by Gasteiger charge is -2.23. The lowest BCUT2D eigenvalue weighted by molar-refractivity contribution is -0.139. The quantitative estimate of drug-likeness (QED) is 0.789. The predicted molar refractivity (Wildman–Crippen MR) is 91.0 cm³/mol. The SMILES string of the molecule is CC(C)C(NC(=O)c1cccc(OCC(=O)O)c1)c1ccc(F)cc1F. The summed E-state index contributed by atoms with van der Waals surface area (Å²) in [7, 11) is 0. The molecule has 0 aliphatic carbocycles. The van der Waals surface area contributed by atoms with Crippen LogP contribution in [0.15, 0.2) is 42.5 Å². The molecule has 2 aromatic carbocycles. The van der Waals surface area contributed by atoms with E-state index in [2.05, 4.69) is 5.32 Å². The number of halogens is 2. The zero-order valence-corrected chi connectivity index (χ0v) is 14.3. The van der Waals surface area contributed by atoms with Crippen LogP contribution in [0.4, 0.5) is 8.78 Å². The zero-order chi connectivity index (χ0) is 19.3. The molecular weight excluding hydrogens is 344 g/mol. The number of aliphatic carboxylic acids is 1. The Morgan fingerprint density at radius 3 is 2.50 bits per heavy atom. The van der Waals surface area contributed by atoms with Gasteiger partial charge in [-0.2, -0.15) is 0 Å². The van der Waals surface area contributed by atoms with E-state index in [-0.39, 0.29) is 22.8 Å². The molecule has 0 saturated heterocycles. The van der Waals surface area contributed by atoms with Crippen LogP contribution >= 0.6 is 0 Å². The molecule has 0 saturated carbocycles. The Bertz CT molecular complexity index is 808. The fraction of sp³-hybridized carbons (Fsp3) is 0.263. The average Bonchev–Trinajstić information content (AvgIpc) is 2.58. The van der Waals surface area contributed by atoms with Gasteiger partial charge in [0.2, 0.25) is 0 Å². The van der Waals surface area contributed by atoms with E-state index in [9.17, 15) is 18.4 Å².